The Kier molecular flexibility index (Phi) is 3.59. The number of halogens is 1. The number of para-hydroxylation sites is 2. The molecule has 24 heavy (non-hydrogen) atoms. The summed E-state index contributed by atoms with van der Waals surface area (Å²) in [6, 6.07) is 18.2. The quantitative estimate of drug-likeness (QED) is 0.395. The Morgan fingerprint density at radius 2 is 1.58 bits per heavy atom. The molecule has 0 spiro atoms. The largest absolute Gasteiger partial charge is 0.421 e. The molecule has 0 aliphatic carbocycles. The first kappa shape index (κ1) is 14.6. The van der Waals surface area contributed by atoms with E-state index in [-0.39, 0.29) is 5.69 Å². The summed E-state index contributed by atoms with van der Waals surface area (Å²) in [5.41, 5.74) is 1.53. The van der Waals surface area contributed by atoms with Crippen LogP contribution in [0.5, 0.6) is 5.75 Å². The lowest BCUT2D eigenvalue weighted by Gasteiger charge is -2.08. The highest BCUT2D eigenvalue weighted by atomic mass is 35.5. The van der Waals surface area contributed by atoms with Crippen LogP contribution < -0.4 is 4.74 Å². The molecule has 0 saturated carbocycles. The van der Waals surface area contributed by atoms with Gasteiger partial charge in [-0.3, -0.25) is 4.98 Å². The monoisotopic (exact) mass is 334 g/mol. The first-order chi connectivity index (χ1) is 11.7. The molecule has 4 rings (SSSR count). The summed E-state index contributed by atoms with van der Waals surface area (Å²) < 4.78 is 5.52. The summed E-state index contributed by atoms with van der Waals surface area (Å²) >= 11 is 6.19. The molecule has 0 N–H and O–H groups in total. The molecule has 1 heterocycles. The lowest BCUT2D eigenvalue weighted by molar-refractivity contribution is 0.0731. The Morgan fingerprint density at radius 1 is 0.875 bits per heavy atom. The average Bonchev–Trinajstić information content (AvgIpc) is 2.64. The lowest BCUT2D eigenvalue weighted by Crippen LogP contribution is -2.11. The molecular formula is C19H11ClN2O2. The standard InChI is InChI=1S/C19H11ClN2O2/c20-14-9-10-18(13-6-2-1-5-12(13)14)24-19(23)17-11-21-15-7-3-4-8-16(15)22-17/h1-11H. The molecule has 0 radical (unpaired) electrons. The van der Waals surface area contributed by atoms with Gasteiger partial charge in [0.1, 0.15) is 5.75 Å². The number of ether oxygens (including phenoxy) is 1. The summed E-state index contributed by atoms with van der Waals surface area (Å²) in [7, 11) is 0. The highest BCUT2D eigenvalue weighted by Crippen LogP contribution is 2.31. The SMILES string of the molecule is O=C(Oc1ccc(Cl)c2ccccc12)c1cnc2ccccc2n1. The Hall–Kier alpha value is -2.98. The number of esters is 1. The van der Waals surface area contributed by atoms with Gasteiger partial charge in [-0.25, -0.2) is 9.78 Å². The summed E-state index contributed by atoms with van der Waals surface area (Å²) in [6.07, 6.45) is 1.42. The number of hydrogen-bond acceptors (Lipinski definition) is 4. The number of hydrogen-bond donors (Lipinski definition) is 0. The van der Waals surface area contributed by atoms with E-state index in [2.05, 4.69) is 9.97 Å². The van der Waals surface area contributed by atoms with Crippen molar-refractivity contribution in [2.45, 2.75) is 0 Å². The van der Waals surface area contributed by atoms with E-state index in [0.29, 0.717) is 16.3 Å². The maximum atomic E-state index is 12.4. The van der Waals surface area contributed by atoms with Crippen LogP contribution in [0.25, 0.3) is 21.8 Å². The molecule has 1 aromatic heterocycles. The zero-order valence-corrected chi connectivity index (χ0v) is 13.2. The number of aromatic nitrogens is 2. The van der Waals surface area contributed by atoms with Gasteiger partial charge in [0.2, 0.25) is 0 Å². The molecule has 0 aliphatic heterocycles. The van der Waals surface area contributed by atoms with Gasteiger partial charge in [-0.05, 0) is 24.3 Å². The third-order valence-electron chi connectivity index (χ3n) is 3.69. The van der Waals surface area contributed by atoms with Crippen LogP contribution in [-0.2, 0) is 0 Å². The minimum atomic E-state index is -0.555. The molecular weight excluding hydrogens is 324 g/mol. The summed E-state index contributed by atoms with van der Waals surface area (Å²) in [5.74, 6) is -0.115. The van der Waals surface area contributed by atoms with Crippen molar-refractivity contribution >= 4 is 39.4 Å². The number of nitrogens with zero attached hydrogens (tertiary/aromatic N) is 2. The van der Waals surface area contributed by atoms with E-state index in [4.69, 9.17) is 16.3 Å². The predicted octanol–water partition coefficient (Wildman–Crippen LogP) is 4.66. The molecule has 116 valence electrons. The van der Waals surface area contributed by atoms with Crippen LogP contribution in [0, 0.1) is 0 Å². The Labute approximate surface area is 142 Å². The molecule has 0 fully saturated rings. The maximum absolute atomic E-state index is 12.4. The van der Waals surface area contributed by atoms with Gasteiger partial charge < -0.3 is 4.74 Å². The summed E-state index contributed by atoms with van der Waals surface area (Å²) in [4.78, 5) is 21.0. The smallest absolute Gasteiger partial charge is 0.363 e. The summed E-state index contributed by atoms with van der Waals surface area (Å²) in [5, 5.41) is 2.21. The highest BCUT2D eigenvalue weighted by Gasteiger charge is 2.14. The first-order valence-corrected chi connectivity index (χ1v) is 7.71. The molecule has 0 aliphatic rings. The average molecular weight is 335 g/mol. The van der Waals surface area contributed by atoms with Crippen molar-refractivity contribution in [3.05, 3.63) is 77.6 Å². The Balaban J connectivity index is 1.72. The van der Waals surface area contributed by atoms with Gasteiger partial charge in [0.05, 0.1) is 17.2 Å². The van der Waals surface area contributed by atoms with Crippen LogP contribution in [0.2, 0.25) is 5.02 Å². The maximum Gasteiger partial charge on any atom is 0.363 e. The van der Waals surface area contributed by atoms with Crippen LogP contribution >= 0.6 is 11.6 Å². The molecule has 0 amide bonds. The number of rotatable bonds is 2. The first-order valence-electron chi connectivity index (χ1n) is 7.33. The van der Waals surface area contributed by atoms with Crippen molar-refractivity contribution in [2.75, 3.05) is 0 Å². The molecule has 3 aromatic carbocycles. The van der Waals surface area contributed by atoms with E-state index >= 15 is 0 Å². The second-order valence-corrected chi connectivity index (χ2v) is 5.63. The second kappa shape index (κ2) is 5.91. The van der Waals surface area contributed by atoms with Crippen molar-refractivity contribution < 1.29 is 9.53 Å². The normalized spacial score (nSPS) is 10.9. The van der Waals surface area contributed by atoms with Gasteiger partial charge in [0.25, 0.3) is 0 Å². The Morgan fingerprint density at radius 3 is 2.42 bits per heavy atom. The number of carbonyl (C=O) groups excluding carboxylic acids is 1. The van der Waals surface area contributed by atoms with E-state index in [0.717, 1.165) is 16.3 Å². The van der Waals surface area contributed by atoms with E-state index in [1.807, 2.05) is 42.5 Å². The van der Waals surface area contributed by atoms with E-state index in [1.165, 1.54) is 6.20 Å². The van der Waals surface area contributed by atoms with Gasteiger partial charge in [0, 0.05) is 15.8 Å². The van der Waals surface area contributed by atoms with Crippen LogP contribution in [0.15, 0.2) is 66.9 Å². The minimum Gasteiger partial charge on any atom is -0.421 e. The van der Waals surface area contributed by atoms with Crippen molar-refractivity contribution in [3.63, 3.8) is 0 Å². The van der Waals surface area contributed by atoms with Gasteiger partial charge >= 0.3 is 5.97 Å². The van der Waals surface area contributed by atoms with Gasteiger partial charge in [0.15, 0.2) is 5.69 Å². The third-order valence-corrected chi connectivity index (χ3v) is 4.02. The predicted molar refractivity (Wildman–Crippen MR) is 93.5 cm³/mol. The molecule has 4 nitrogen and oxygen atoms in total. The zero-order valence-electron chi connectivity index (χ0n) is 12.4. The van der Waals surface area contributed by atoms with E-state index in [1.54, 1.807) is 18.2 Å². The fourth-order valence-electron chi connectivity index (χ4n) is 2.53. The topological polar surface area (TPSA) is 52.1 Å². The lowest BCUT2D eigenvalue weighted by atomic mass is 10.1. The second-order valence-electron chi connectivity index (χ2n) is 5.22. The van der Waals surface area contributed by atoms with Crippen LogP contribution in [0.3, 0.4) is 0 Å². The van der Waals surface area contributed by atoms with Crippen molar-refractivity contribution in [2.24, 2.45) is 0 Å². The fourth-order valence-corrected chi connectivity index (χ4v) is 2.76. The third kappa shape index (κ3) is 2.57. The number of carbonyl (C=O) groups is 1. The van der Waals surface area contributed by atoms with E-state index < -0.39 is 5.97 Å². The molecule has 5 heteroatoms. The van der Waals surface area contributed by atoms with E-state index in [9.17, 15) is 4.79 Å². The van der Waals surface area contributed by atoms with Crippen LogP contribution in [0.4, 0.5) is 0 Å². The zero-order chi connectivity index (χ0) is 16.5. The van der Waals surface area contributed by atoms with Crippen molar-refractivity contribution in [1.29, 1.82) is 0 Å². The van der Waals surface area contributed by atoms with Gasteiger partial charge in [-0.2, -0.15) is 0 Å². The molecule has 0 unspecified atom stereocenters. The molecule has 4 aromatic rings. The fraction of sp³-hybridized carbons (Fsp3) is 0. The number of fused-ring (bicyclic) bond motifs is 2. The minimum absolute atomic E-state index is 0.160. The highest BCUT2D eigenvalue weighted by molar-refractivity contribution is 6.35. The van der Waals surface area contributed by atoms with Crippen LogP contribution in [-0.4, -0.2) is 15.9 Å². The molecule has 0 atom stereocenters. The van der Waals surface area contributed by atoms with Crippen molar-refractivity contribution in [1.82, 2.24) is 9.97 Å². The Bertz CT molecular complexity index is 1080. The van der Waals surface area contributed by atoms with Crippen molar-refractivity contribution in [3.8, 4) is 5.75 Å². The number of benzene rings is 3. The van der Waals surface area contributed by atoms with Gasteiger partial charge in [-0.1, -0.05) is 48.0 Å². The molecule has 0 bridgehead atoms. The van der Waals surface area contributed by atoms with Gasteiger partial charge in [-0.15, -0.1) is 0 Å². The van der Waals surface area contributed by atoms with Crippen LogP contribution in [0.1, 0.15) is 10.5 Å². The molecule has 0 saturated heterocycles. The summed E-state index contributed by atoms with van der Waals surface area (Å²) in [6.45, 7) is 0.